The van der Waals surface area contributed by atoms with E-state index in [-0.39, 0.29) is 0 Å². The zero-order valence-corrected chi connectivity index (χ0v) is 14.5. The van der Waals surface area contributed by atoms with Crippen LogP contribution in [0.5, 0.6) is 0 Å². The number of aromatic nitrogens is 1. The van der Waals surface area contributed by atoms with Gasteiger partial charge < -0.3 is 0 Å². The molecule has 2 aromatic carbocycles. The molecule has 0 spiro atoms. The van der Waals surface area contributed by atoms with Crippen molar-refractivity contribution in [3.8, 4) is 11.3 Å². The van der Waals surface area contributed by atoms with Gasteiger partial charge in [0.05, 0.1) is 11.9 Å². The molecule has 6 heteroatoms. The number of hydrogen-bond donors (Lipinski definition) is 1. The van der Waals surface area contributed by atoms with Gasteiger partial charge in [-0.3, -0.25) is 5.43 Å². The third kappa shape index (κ3) is 3.94. The van der Waals surface area contributed by atoms with Gasteiger partial charge in [-0.15, -0.1) is 11.3 Å². The molecule has 1 aromatic heterocycles. The first-order chi connectivity index (χ1) is 10.7. The van der Waals surface area contributed by atoms with Crippen LogP contribution in [0.25, 0.3) is 11.3 Å². The Kier molecular flexibility index (Phi) is 4.87. The molecule has 0 aliphatic heterocycles. The first-order valence-electron chi connectivity index (χ1n) is 6.47. The van der Waals surface area contributed by atoms with Crippen LogP contribution in [0.1, 0.15) is 5.56 Å². The zero-order chi connectivity index (χ0) is 15.4. The third-order valence-corrected chi connectivity index (χ3v) is 4.42. The van der Waals surface area contributed by atoms with E-state index in [1.165, 1.54) is 11.3 Å². The Morgan fingerprint density at radius 2 is 1.82 bits per heavy atom. The fourth-order valence-corrected chi connectivity index (χ4v) is 2.85. The molecule has 0 unspecified atom stereocenters. The number of hydrogen-bond acceptors (Lipinski definition) is 4. The SMILES string of the molecule is Clc1ccc(C=NNc2nc(-c3ccc(Br)cc3)cs2)cc1. The minimum absolute atomic E-state index is 0.712. The highest BCUT2D eigenvalue weighted by molar-refractivity contribution is 9.10. The van der Waals surface area contributed by atoms with Crippen LogP contribution in [0.2, 0.25) is 5.02 Å². The van der Waals surface area contributed by atoms with Gasteiger partial charge in [0.2, 0.25) is 5.13 Å². The van der Waals surface area contributed by atoms with Crippen LogP contribution in [0.3, 0.4) is 0 Å². The predicted molar refractivity (Wildman–Crippen MR) is 97.9 cm³/mol. The monoisotopic (exact) mass is 391 g/mol. The maximum Gasteiger partial charge on any atom is 0.203 e. The number of hydrazone groups is 1. The van der Waals surface area contributed by atoms with Crippen LogP contribution in [-0.4, -0.2) is 11.2 Å². The highest BCUT2D eigenvalue weighted by Gasteiger charge is 2.03. The van der Waals surface area contributed by atoms with Crippen LogP contribution >= 0.6 is 38.9 Å². The Morgan fingerprint density at radius 3 is 2.55 bits per heavy atom. The Balaban J connectivity index is 1.66. The van der Waals surface area contributed by atoms with E-state index in [0.29, 0.717) is 5.02 Å². The van der Waals surface area contributed by atoms with Crippen molar-refractivity contribution in [1.82, 2.24) is 4.98 Å². The second-order valence-corrected chi connectivity index (χ2v) is 6.68. The van der Waals surface area contributed by atoms with E-state index in [9.17, 15) is 0 Å². The summed E-state index contributed by atoms with van der Waals surface area (Å²) in [5.74, 6) is 0. The Bertz CT molecular complexity index is 782. The van der Waals surface area contributed by atoms with Crippen molar-refractivity contribution in [2.45, 2.75) is 0 Å². The van der Waals surface area contributed by atoms with Crippen LogP contribution in [0, 0.1) is 0 Å². The standard InChI is InChI=1S/C16H11BrClN3S/c17-13-5-3-12(4-6-13)15-10-22-16(20-15)21-19-9-11-1-7-14(18)8-2-11/h1-10H,(H,20,21). The first kappa shape index (κ1) is 15.2. The van der Waals surface area contributed by atoms with Gasteiger partial charge in [0, 0.05) is 20.4 Å². The zero-order valence-electron chi connectivity index (χ0n) is 11.3. The van der Waals surface area contributed by atoms with Crippen molar-refractivity contribution in [3.05, 3.63) is 69.0 Å². The lowest BCUT2D eigenvalue weighted by molar-refractivity contribution is 1.29. The molecule has 0 radical (unpaired) electrons. The molecule has 1 heterocycles. The lowest BCUT2D eigenvalue weighted by Gasteiger charge is -1.97. The smallest absolute Gasteiger partial charge is 0.203 e. The summed E-state index contributed by atoms with van der Waals surface area (Å²) in [5, 5.41) is 7.65. The molecule has 0 saturated heterocycles. The van der Waals surface area contributed by atoms with Gasteiger partial charge >= 0.3 is 0 Å². The molecule has 3 aromatic rings. The van der Waals surface area contributed by atoms with Crippen LogP contribution in [0.15, 0.2) is 63.5 Å². The second-order valence-electron chi connectivity index (χ2n) is 4.47. The molecule has 3 rings (SSSR count). The van der Waals surface area contributed by atoms with Crippen molar-refractivity contribution < 1.29 is 0 Å². The van der Waals surface area contributed by atoms with Gasteiger partial charge in [-0.1, -0.05) is 51.8 Å². The molecule has 1 N–H and O–H groups in total. The summed E-state index contributed by atoms with van der Waals surface area (Å²) in [6, 6.07) is 15.5. The summed E-state index contributed by atoms with van der Waals surface area (Å²) in [6.07, 6.45) is 1.73. The number of halogens is 2. The average molecular weight is 393 g/mol. The van der Waals surface area contributed by atoms with Crippen molar-refractivity contribution >= 4 is 50.2 Å². The van der Waals surface area contributed by atoms with Gasteiger partial charge in [0.15, 0.2) is 0 Å². The number of anilines is 1. The molecular weight excluding hydrogens is 382 g/mol. The summed E-state index contributed by atoms with van der Waals surface area (Å²) >= 11 is 10.8. The molecular formula is C16H11BrClN3S. The average Bonchev–Trinajstić information content (AvgIpc) is 2.99. The van der Waals surface area contributed by atoms with Gasteiger partial charge in [0.25, 0.3) is 0 Å². The third-order valence-electron chi connectivity index (χ3n) is 2.89. The molecule has 0 amide bonds. The second kappa shape index (κ2) is 7.05. The summed E-state index contributed by atoms with van der Waals surface area (Å²) in [6.45, 7) is 0. The van der Waals surface area contributed by atoms with Crippen molar-refractivity contribution in [1.29, 1.82) is 0 Å². The molecule has 0 saturated carbocycles. The molecule has 0 atom stereocenters. The molecule has 3 nitrogen and oxygen atoms in total. The molecule has 0 aliphatic carbocycles. The Labute approximate surface area is 145 Å². The fourth-order valence-electron chi connectivity index (χ4n) is 1.79. The first-order valence-corrected chi connectivity index (χ1v) is 8.52. The number of rotatable bonds is 4. The number of thiazole rings is 1. The highest BCUT2D eigenvalue weighted by Crippen LogP contribution is 2.26. The topological polar surface area (TPSA) is 37.3 Å². The van der Waals surface area contributed by atoms with Gasteiger partial charge in [-0.25, -0.2) is 4.98 Å². The summed E-state index contributed by atoms with van der Waals surface area (Å²) in [7, 11) is 0. The van der Waals surface area contributed by atoms with Crippen LogP contribution in [-0.2, 0) is 0 Å². The predicted octanol–water partition coefficient (Wildman–Crippen LogP) is 5.67. The maximum absolute atomic E-state index is 5.84. The molecule has 0 fully saturated rings. The molecule has 0 aliphatic rings. The number of nitrogens with zero attached hydrogens (tertiary/aromatic N) is 2. The van der Waals surface area contributed by atoms with Crippen LogP contribution < -0.4 is 5.43 Å². The lowest BCUT2D eigenvalue weighted by atomic mass is 10.2. The minimum atomic E-state index is 0.712. The normalized spacial score (nSPS) is 11.0. The van der Waals surface area contributed by atoms with Gasteiger partial charge in [-0.05, 0) is 29.8 Å². The van der Waals surface area contributed by atoms with Gasteiger partial charge in [0.1, 0.15) is 0 Å². The van der Waals surface area contributed by atoms with E-state index in [0.717, 1.165) is 26.4 Å². The van der Waals surface area contributed by atoms with Crippen molar-refractivity contribution in [2.24, 2.45) is 5.10 Å². The molecule has 0 bridgehead atoms. The van der Waals surface area contributed by atoms with E-state index in [1.54, 1.807) is 6.21 Å². The summed E-state index contributed by atoms with van der Waals surface area (Å²) < 4.78 is 1.05. The van der Waals surface area contributed by atoms with E-state index < -0.39 is 0 Å². The fraction of sp³-hybridized carbons (Fsp3) is 0. The van der Waals surface area contributed by atoms with Crippen LogP contribution in [0.4, 0.5) is 5.13 Å². The lowest BCUT2D eigenvalue weighted by Crippen LogP contribution is -1.90. The summed E-state index contributed by atoms with van der Waals surface area (Å²) in [4.78, 5) is 4.51. The number of nitrogens with one attached hydrogen (secondary N) is 1. The van der Waals surface area contributed by atoms with E-state index in [2.05, 4.69) is 31.4 Å². The highest BCUT2D eigenvalue weighted by atomic mass is 79.9. The van der Waals surface area contributed by atoms with E-state index >= 15 is 0 Å². The minimum Gasteiger partial charge on any atom is -0.253 e. The Morgan fingerprint density at radius 1 is 1.09 bits per heavy atom. The van der Waals surface area contributed by atoms with Crippen molar-refractivity contribution in [2.75, 3.05) is 5.43 Å². The van der Waals surface area contributed by atoms with E-state index in [4.69, 9.17) is 11.6 Å². The number of benzene rings is 2. The van der Waals surface area contributed by atoms with Crippen molar-refractivity contribution in [3.63, 3.8) is 0 Å². The van der Waals surface area contributed by atoms with E-state index in [1.807, 2.05) is 53.9 Å². The van der Waals surface area contributed by atoms with Gasteiger partial charge in [-0.2, -0.15) is 5.10 Å². The quantitative estimate of drug-likeness (QED) is 0.458. The summed E-state index contributed by atoms with van der Waals surface area (Å²) in [5.41, 5.74) is 5.93. The molecule has 22 heavy (non-hydrogen) atoms. The molecule has 110 valence electrons. The largest absolute Gasteiger partial charge is 0.253 e. The Hall–Kier alpha value is -1.69. The maximum atomic E-state index is 5.84.